The number of hydrogen-bond acceptors (Lipinski definition) is 17. The smallest absolute Gasteiger partial charge is 0.408 e. The Morgan fingerprint density at radius 3 is 2.07 bits per heavy atom. The third-order valence-electron chi connectivity index (χ3n) is 13.2. The van der Waals surface area contributed by atoms with Crippen molar-refractivity contribution in [2.24, 2.45) is 16.5 Å². The van der Waals surface area contributed by atoms with E-state index in [9.17, 15) is 36.0 Å². The van der Waals surface area contributed by atoms with E-state index in [0.29, 0.717) is 65.9 Å². The molecule has 6 N–H and O–H groups in total. The number of carbonyl (C=O) groups excluding carboxylic acids is 4. The number of aromatic nitrogens is 2. The quantitative estimate of drug-likeness (QED) is 0.0717. The number of ether oxygens (including phenoxy) is 3. The fraction of sp³-hybridized carbons (Fsp3) is 0.680. The number of nitrogens with zero attached hydrogens (tertiary/aromatic N) is 3. The van der Waals surface area contributed by atoms with Gasteiger partial charge in [0.05, 0.1) is 36.1 Å². The number of methoxy groups -OCH3 is 1. The number of nitrogens with two attached hydrogens (primary N) is 1. The molecule has 3 aliphatic carbocycles. The maximum absolute atomic E-state index is 14.8. The molecular weight excluding hydrogens is 1020 g/mol. The molecule has 0 spiro atoms. The van der Waals surface area contributed by atoms with Gasteiger partial charge in [-0.25, -0.2) is 28.8 Å². The van der Waals surface area contributed by atoms with Gasteiger partial charge in [-0.05, 0) is 103 Å². The summed E-state index contributed by atoms with van der Waals surface area (Å²) in [6.07, 6.45) is 4.77. The van der Waals surface area contributed by atoms with Crippen LogP contribution >= 0.6 is 11.3 Å². The van der Waals surface area contributed by atoms with Gasteiger partial charge in [0.25, 0.3) is 5.91 Å². The predicted molar refractivity (Wildman–Crippen MR) is 281 cm³/mol. The van der Waals surface area contributed by atoms with Crippen LogP contribution in [0.25, 0.3) is 22.3 Å². The lowest BCUT2D eigenvalue weighted by atomic mass is 9.85. The van der Waals surface area contributed by atoms with Gasteiger partial charge >= 0.3 is 26.7 Å². The van der Waals surface area contributed by atoms with Crippen molar-refractivity contribution in [1.82, 2.24) is 30.2 Å². The summed E-state index contributed by atoms with van der Waals surface area (Å²) in [4.78, 5) is 67.6. The highest BCUT2D eigenvalue weighted by Crippen LogP contribution is 2.48. The topological polar surface area (TPSA) is 286 Å². The maximum Gasteiger partial charge on any atom is 0.408 e. The summed E-state index contributed by atoms with van der Waals surface area (Å²) in [5, 5.41) is 16.9. The van der Waals surface area contributed by atoms with E-state index >= 15 is 0 Å². The van der Waals surface area contributed by atoms with Crippen LogP contribution in [0.1, 0.15) is 147 Å². The molecule has 1 aromatic carbocycles. The van der Waals surface area contributed by atoms with Gasteiger partial charge in [0.2, 0.25) is 11.8 Å². The van der Waals surface area contributed by atoms with Crippen LogP contribution in [-0.2, 0) is 48.1 Å². The van der Waals surface area contributed by atoms with Crippen LogP contribution in [-0.4, -0.2) is 116 Å². The van der Waals surface area contributed by atoms with Gasteiger partial charge in [-0.15, -0.1) is 11.3 Å². The van der Waals surface area contributed by atoms with Crippen molar-refractivity contribution in [3.63, 3.8) is 0 Å². The largest absolute Gasteiger partial charge is 0.497 e. The van der Waals surface area contributed by atoms with Crippen molar-refractivity contribution < 1.29 is 58.6 Å². The second kappa shape index (κ2) is 22.4. The number of thiazole rings is 1. The molecule has 1 saturated heterocycles. The van der Waals surface area contributed by atoms with E-state index in [1.807, 2.05) is 46.1 Å². The number of rotatable bonds is 21. The SMILES string of the molecule is CCCC1(OS(=O)(=O)NC(=O)[C@@]2(NC(=O)[C@@H]3C[C@@H](Oc4cc(-c5csc(NC(C)C)n5)nc5cc(OC)ccc45)CN3C(=O)[C@@H](NC(=O)OC(C)(C)C)C(C)(C)C)C[C@H]2CC)CC1.CCCC1(OS(N)(=O)=O)CC1. The minimum absolute atomic E-state index is 0.00915. The van der Waals surface area contributed by atoms with E-state index in [-0.39, 0.29) is 31.3 Å². The monoisotopic (exact) mass is 1090 g/mol. The van der Waals surface area contributed by atoms with Gasteiger partial charge in [0.1, 0.15) is 46.5 Å². The lowest BCUT2D eigenvalue weighted by Crippen LogP contribution is -2.60. The minimum atomic E-state index is -4.51. The van der Waals surface area contributed by atoms with Crippen molar-refractivity contribution in [3.8, 4) is 22.9 Å². The van der Waals surface area contributed by atoms with Crippen LogP contribution in [0.4, 0.5) is 9.93 Å². The van der Waals surface area contributed by atoms with Crippen molar-refractivity contribution in [3.05, 3.63) is 29.6 Å². The molecule has 0 unspecified atom stereocenters. The fourth-order valence-corrected chi connectivity index (χ4v) is 12.0. The number of likely N-dealkylation sites (tertiary alicyclic amines) is 1. The first-order valence-electron chi connectivity index (χ1n) is 25.4. The first-order valence-corrected chi connectivity index (χ1v) is 29.1. The van der Waals surface area contributed by atoms with Crippen molar-refractivity contribution in [2.75, 3.05) is 19.0 Å². The molecule has 4 fully saturated rings. The van der Waals surface area contributed by atoms with E-state index in [1.165, 1.54) is 16.2 Å². The second-order valence-corrected chi connectivity index (χ2v) is 25.6. The molecule has 412 valence electrons. The van der Waals surface area contributed by atoms with Crippen molar-refractivity contribution in [1.29, 1.82) is 0 Å². The third-order valence-corrected chi connectivity index (χ3v) is 15.6. The first-order chi connectivity index (χ1) is 34.4. The van der Waals surface area contributed by atoms with Crippen molar-refractivity contribution >= 4 is 71.8 Å². The zero-order chi connectivity index (χ0) is 54.8. The Morgan fingerprint density at radius 1 is 0.905 bits per heavy atom. The Hall–Kier alpha value is -4.88. The molecule has 3 heterocycles. The lowest BCUT2D eigenvalue weighted by molar-refractivity contribution is -0.143. The highest BCUT2D eigenvalue weighted by Gasteiger charge is 2.62. The van der Waals surface area contributed by atoms with Crippen LogP contribution in [0.3, 0.4) is 0 Å². The summed E-state index contributed by atoms with van der Waals surface area (Å²) in [5.41, 5.74) is -2.82. The number of amides is 4. The number of hydrogen-bond donors (Lipinski definition) is 5. The van der Waals surface area contributed by atoms with Gasteiger partial charge in [0.15, 0.2) is 5.13 Å². The van der Waals surface area contributed by atoms with E-state index in [2.05, 4.69) is 20.7 Å². The summed E-state index contributed by atoms with van der Waals surface area (Å²) < 4.78 is 77.5. The average Bonchev–Trinajstić information content (AvgIpc) is 4.23. The zero-order valence-corrected chi connectivity index (χ0v) is 47.2. The predicted octanol–water partition coefficient (Wildman–Crippen LogP) is 7.01. The van der Waals surface area contributed by atoms with Gasteiger partial charge in [-0.3, -0.25) is 18.6 Å². The number of anilines is 1. The highest BCUT2D eigenvalue weighted by atomic mass is 32.2. The number of alkyl carbamates (subject to hydrolysis) is 1. The normalized spacial score (nSPS) is 22.2. The molecule has 7 rings (SSSR count). The number of pyridine rings is 1. The molecule has 2 aromatic heterocycles. The summed E-state index contributed by atoms with van der Waals surface area (Å²) in [6.45, 7) is 20.2. The average molecular weight is 1090 g/mol. The van der Waals surface area contributed by atoms with Gasteiger partial charge < -0.3 is 35.1 Å². The molecule has 0 radical (unpaired) electrons. The van der Waals surface area contributed by atoms with Crippen LogP contribution in [0.15, 0.2) is 29.6 Å². The lowest BCUT2D eigenvalue weighted by Gasteiger charge is -2.36. The Bertz CT molecular complexity index is 2770. The third kappa shape index (κ3) is 15.2. The summed E-state index contributed by atoms with van der Waals surface area (Å²) in [5.74, 6) is -1.53. The molecule has 74 heavy (non-hydrogen) atoms. The number of nitrogens with one attached hydrogen (secondary N) is 4. The fourth-order valence-electron chi connectivity index (χ4n) is 9.29. The second-order valence-electron chi connectivity index (χ2n) is 22.3. The number of carbonyl (C=O) groups is 4. The summed E-state index contributed by atoms with van der Waals surface area (Å²) >= 11 is 1.44. The highest BCUT2D eigenvalue weighted by molar-refractivity contribution is 7.85. The Morgan fingerprint density at radius 2 is 1.54 bits per heavy atom. The molecule has 1 aliphatic heterocycles. The van der Waals surface area contributed by atoms with E-state index < -0.39 is 90.4 Å². The van der Waals surface area contributed by atoms with Crippen LogP contribution in [0.2, 0.25) is 0 Å². The Kier molecular flexibility index (Phi) is 17.7. The van der Waals surface area contributed by atoms with Gasteiger partial charge in [-0.2, -0.15) is 16.8 Å². The zero-order valence-electron chi connectivity index (χ0n) is 44.7. The number of benzene rings is 1. The molecule has 21 nitrogen and oxygen atoms in total. The molecule has 3 aromatic rings. The first kappa shape index (κ1) is 58.4. The Balaban J connectivity index is 0.000000717. The van der Waals surface area contributed by atoms with Crippen LogP contribution in [0.5, 0.6) is 11.5 Å². The Labute approximate surface area is 440 Å². The van der Waals surface area contributed by atoms with Crippen LogP contribution < -0.4 is 35.3 Å². The minimum Gasteiger partial charge on any atom is -0.497 e. The summed E-state index contributed by atoms with van der Waals surface area (Å²) in [6, 6.07) is 4.98. The molecular formula is C50H76N8O13S3. The van der Waals surface area contributed by atoms with Crippen molar-refractivity contribution in [2.45, 2.75) is 193 Å². The number of fused-ring (bicyclic) bond motifs is 1. The molecule has 4 amide bonds. The molecule has 24 heteroatoms. The van der Waals surface area contributed by atoms with Gasteiger partial charge in [-0.1, -0.05) is 60.8 Å². The molecule has 3 saturated carbocycles. The van der Waals surface area contributed by atoms with E-state index in [4.69, 9.17) is 37.7 Å². The van der Waals surface area contributed by atoms with E-state index in [0.717, 1.165) is 30.8 Å². The molecule has 4 aliphatic rings. The standard InChI is InChI=1S/C44H63N7O10S2.C6H13NO3S/c1-12-16-43(17-18-43)61-63(56,57)50-38(54)44(22-26(44)13-2)49-36(52)33-20-28(23-51(33)37(53)35(41(5,6)7)48-40(55)60-42(8,9)10)59-34-21-31(32-24-62-39(47-32)45-25(3)4)46-30-19-27(58-11)14-15-29(30)34;1-2-3-6(4-5-6)10-11(7,8)9/h14-15,19,21,24-26,28,33,35H,12-13,16-18,20,22-23H2,1-11H3,(H,45,47)(H,48,55)(H,49,52)(H,50,54);2-5H2,1H3,(H2,7,8,9)/t26-,28-,33+,35-,44-;/m1./s1. The molecule has 0 bridgehead atoms. The van der Waals surface area contributed by atoms with E-state index in [1.54, 1.807) is 66.9 Å². The molecule has 5 atom stereocenters. The maximum atomic E-state index is 14.8. The van der Waals surface area contributed by atoms with Crippen LogP contribution in [0, 0.1) is 11.3 Å². The van der Waals surface area contributed by atoms with Gasteiger partial charge in [0, 0.05) is 35.4 Å². The summed E-state index contributed by atoms with van der Waals surface area (Å²) in [7, 11) is -6.69.